The SMILES string of the molecule is CC(C)(C)OC(=O)N1CCC(CN[C@H]2CC2c2ccccc2)CC1. The van der Waals surface area contributed by atoms with E-state index in [0.29, 0.717) is 17.9 Å². The van der Waals surface area contributed by atoms with Crippen LogP contribution in [-0.4, -0.2) is 42.3 Å². The molecule has 132 valence electrons. The van der Waals surface area contributed by atoms with E-state index in [9.17, 15) is 4.79 Å². The van der Waals surface area contributed by atoms with Crippen LogP contribution in [0.4, 0.5) is 4.79 Å². The molecule has 0 aromatic heterocycles. The van der Waals surface area contributed by atoms with Gasteiger partial charge in [-0.3, -0.25) is 0 Å². The van der Waals surface area contributed by atoms with Crippen LogP contribution in [-0.2, 0) is 4.74 Å². The predicted octanol–water partition coefficient (Wildman–Crippen LogP) is 3.78. The van der Waals surface area contributed by atoms with Gasteiger partial charge in [0.05, 0.1) is 0 Å². The predicted molar refractivity (Wildman–Crippen MR) is 96.1 cm³/mol. The molecule has 1 aromatic rings. The number of carbonyl (C=O) groups is 1. The standard InChI is InChI=1S/C20H30N2O2/c1-20(2,3)24-19(23)22-11-9-15(10-12-22)14-21-18-13-17(18)16-7-5-4-6-8-16/h4-8,15,17-18,21H,9-14H2,1-3H3/t17?,18-/m0/s1. The topological polar surface area (TPSA) is 41.6 Å². The second kappa shape index (κ2) is 7.14. The highest BCUT2D eigenvalue weighted by Crippen LogP contribution is 2.40. The van der Waals surface area contributed by atoms with Crippen LogP contribution in [0.1, 0.15) is 51.5 Å². The zero-order chi connectivity index (χ0) is 17.2. The number of ether oxygens (including phenoxy) is 1. The molecule has 4 heteroatoms. The Balaban J connectivity index is 1.36. The molecule has 1 aliphatic heterocycles. The van der Waals surface area contributed by atoms with Crippen molar-refractivity contribution in [3.8, 4) is 0 Å². The van der Waals surface area contributed by atoms with Gasteiger partial charge in [-0.15, -0.1) is 0 Å². The van der Waals surface area contributed by atoms with Crippen LogP contribution >= 0.6 is 0 Å². The van der Waals surface area contributed by atoms with Gasteiger partial charge in [0.15, 0.2) is 0 Å². The second-order valence-electron chi connectivity index (χ2n) is 8.18. The molecule has 1 heterocycles. The van der Waals surface area contributed by atoms with Crippen molar-refractivity contribution < 1.29 is 9.53 Å². The molecular weight excluding hydrogens is 300 g/mol. The van der Waals surface area contributed by atoms with E-state index in [2.05, 4.69) is 35.6 Å². The first-order chi connectivity index (χ1) is 11.4. The Morgan fingerprint density at radius 1 is 1.21 bits per heavy atom. The maximum Gasteiger partial charge on any atom is 0.410 e. The molecule has 0 bridgehead atoms. The summed E-state index contributed by atoms with van der Waals surface area (Å²) in [7, 11) is 0. The van der Waals surface area contributed by atoms with Crippen LogP contribution in [0, 0.1) is 5.92 Å². The fourth-order valence-corrected chi connectivity index (χ4v) is 3.45. The molecule has 24 heavy (non-hydrogen) atoms. The minimum Gasteiger partial charge on any atom is -0.444 e. The molecule has 1 amide bonds. The number of nitrogens with zero attached hydrogens (tertiary/aromatic N) is 1. The van der Waals surface area contributed by atoms with Crippen molar-refractivity contribution in [2.45, 2.75) is 57.6 Å². The van der Waals surface area contributed by atoms with Gasteiger partial charge in [-0.1, -0.05) is 30.3 Å². The molecule has 4 nitrogen and oxygen atoms in total. The molecule has 0 radical (unpaired) electrons. The number of hydrogen-bond donors (Lipinski definition) is 1. The monoisotopic (exact) mass is 330 g/mol. The quantitative estimate of drug-likeness (QED) is 0.913. The number of likely N-dealkylation sites (tertiary alicyclic amines) is 1. The fraction of sp³-hybridized carbons (Fsp3) is 0.650. The summed E-state index contributed by atoms with van der Waals surface area (Å²) in [6, 6.07) is 11.4. The molecular formula is C20H30N2O2. The second-order valence-corrected chi connectivity index (χ2v) is 8.18. The van der Waals surface area contributed by atoms with Gasteiger partial charge in [0.2, 0.25) is 0 Å². The Morgan fingerprint density at radius 3 is 2.50 bits per heavy atom. The average Bonchev–Trinajstić information content (AvgIpc) is 3.32. The average molecular weight is 330 g/mol. The number of rotatable bonds is 4. The van der Waals surface area contributed by atoms with Gasteiger partial charge in [0.1, 0.15) is 5.60 Å². The summed E-state index contributed by atoms with van der Waals surface area (Å²) in [5.41, 5.74) is 1.04. The van der Waals surface area contributed by atoms with Gasteiger partial charge in [-0.05, 0) is 58.1 Å². The van der Waals surface area contributed by atoms with Gasteiger partial charge in [0, 0.05) is 25.0 Å². The first kappa shape index (κ1) is 17.3. The maximum absolute atomic E-state index is 12.1. The lowest BCUT2D eigenvalue weighted by Gasteiger charge is -2.33. The van der Waals surface area contributed by atoms with Crippen LogP contribution in [0.5, 0.6) is 0 Å². The molecule has 1 saturated carbocycles. The van der Waals surface area contributed by atoms with Crippen LogP contribution in [0.2, 0.25) is 0 Å². The highest BCUT2D eigenvalue weighted by molar-refractivity contribution is 5.68. The Bertz CT molecular complexity index is 545. The van der Waals surface area contributed by atoms with Crippen molar-refractivity contribution in [1.29, 1.82) is 0 Å². The van der Waals surface area contributed by atoms with Crippen molar-refractivity contribution in [2.24, 2.45) is 5.92 Å². The van der Waals surface area contributed by atoms with Crippen LogP contribution in [0.15, 0.2) is 30.3 Å². The lowest BCUT2D eigenvalue weighted by Crippen LogP contribution is -2.43. The molecule has 2 fully saturated rings. The molecule has 2 aliphatic rings. The van der Waals surface area contributed by atoms with Crippen molar-refractivity contribution in [2.75, 3.05) is 19.6 Å². The number of hydrogen-bond acceptors (Lipinski definition) is 3. The highest BCUT2D eigenvalue weighted by atomic mass is 16.6. The summed E-state index contributed by atoms with van der Waals surface area (Å²) in [5, 5.41) is 3.72. The van der Waals surface area contributed by atoms with Crippen LogP contribution in [0.3, 0.4) is 0 Å². The molecule has 3 rings (SSSR count). The third-order valence-electron chi connectivity index (χ3n) is 4.95. The number of benzene rings is 1. The van der Waals surface area contributed by atoms with Gasteiger partial charge >= 0.3 is 6.09 Å². The van der Waals surface area contributed by atoms with Crippen LogP contribution < -0.4 is 5.32 Å². The Morgan fingerprint density at radius 2 is 1.88 bits per heavy atom. The zero-order valence-corrected chi connectivity index (χ0v) is 15.1. The molecule has 2 atom stereocenters. The van der Waals surface area contributed by atoms with E-state index in [1.807, 2.05) is 25.7 Å². The maximum atomic E-state index is 12.1. The summed E-state index contributed by atoms with van der Waals surface area (Å²) in [4.78, 5) is 13.9. The molecule has 1 unspecified atom stereocenters. The van der Waals surface area contributed by atoms with Crippen molar-refractivity contribution in [1.82, 2.24) is 10.2 Å². The number of carbonyl (C=O) groups excluding carboxylic acids is 1. The Hall–Kier alpha value is -1.55. The highest BCUT2D eigenvalue weighted by Gasteiger charge is 2.38. The van der Waals surface area contributed by atoms with E-state index < -0.39 is 5.60 Å². The molecule has 1 aromatic carbocycles. The molecule has 1 aliphatic carbocycles. The number of nitrogens with one attached hydrogen (secondary N) is 1. The Labute approximate surface area is 145 Å². The van der Waals surface area contributed by atoms with Crippen molar-refractivity contribution >= 4 is 6.09 Å². The smallest absolute Gasteiger partial charge is 0.410 e. The van der Waals surface area contributed by atoms with Crippen LogP contribution in [0.25, 0.3) is 0 Å². The minimum absolute atomic E-state index is 0.166. The third-order valence-corrected chi connectivity index (χ3v) is 4.95. The molecule has 0 spiro atoms. The van der Waals surface area contributed by atoms with Gasteiger partial charge in [0.25, 0.3) is 0 Å². The number of amides is 1. The van der Waals surface area contributed by atoms with E-state index in [4.69, 9.17) is 4.74 Å². The fourth-order valence-electron chi connectivity index (χ4n) is 3.45. The largest absolute Gasteiger partial charge is 0.444 e. The normalized spacial score (nSPS) is 24.7. The molecule has 1 N–H and O–H groups in total. The van der Waals surface area contributed by atoms with Crippen molar-refractivity contribution in [3.05, 3.63) is 35.9 Å². The van der Waals surface area contributed by atoms with E-state index in [1.54, 1.807) is 0 Å². The van der Waals surface area contributed by atoms with E-state index in [1.165, 1.54) is 12.0 Å². The van der Waals surface area contributed by atoms with E-state index in [-0.39, 0.29) is 6.09 Å². The third kappa shape index (κ3) is 4.73. The Kier molecular flexibility index (Phi) is 5.14. The first-order valence-corrected chi connectivity index (χ1v) is 9.18. The lowest BCUT2D eigenvalue weighted by molar-refractivity contribution is 0.0184. The zero-order valence-electron chi connectivity index (χ0n) is 15.1. The number of piperidine rings is 1. The summed E-state index contributed by atoms with van der Waals surface area (Å²) in [6.45, 7) is 8.44. The first-order valence-electron chi connectivity index (χ1n) is 9.18. The van der Waals surface area contributed by atoms with Gasteiger partial charge < -0.3 is 15.0 Å². The summed E-state index contributed by atoms with van der Waals surface area (Å²) in [6.07, 6.45) is 3.21. The van der Waals surface area contributed by atoms with E-state index in [0.717, 1.165) is 32.5 Å². The minimum atomic E-state index is -0.409. The lowest BCUT2D eigenvalue weighted by atomic mass is 9.97. The summed E-state index contributed by atoms with van der Waals surface area (Å²) < 4.78 is 5.46. The van der Waals surface area contributed by atoms with Gasteiger partial charge in [-0.2, -0.15) is 0 Å². The summed E-state index contributed by atoms with van der Waals surface area (Å²) in [5.74, 6) is 1.36. The van der Waals surface area contributed by atoms with Crippen molar-refractivity contribution in [3.63, 3.8) is 0 Å². The van der Waals surface area contributed by atoms with E-state index >= 15 is 0 Å². The molecule has 1 saturated heterocycles. The summed E-state index contributed by atoms with van der Waals surface area (Å²) >= 11 is 0. The van der Waals surface area contributed by atoms with Gasteiger partial charge in [-0.25, -0.2) is 4.79 Å².